The number of para-hydroxylation sites is 1. The molecule has 0 radical (unpaired) electrons. The van der Waals surface area contributed by atoms with Crippen molar-refractivity contribution in [3.05, 3.63) is 59.6 Å². The molecule has 1 amide bonds. The molecule has 5 nitrogen and oxygen atoms in total. The van der Waals surface area contributed by atoms with Gasteiger partial charge in [-0.05, 0) is 36.4 Å². The number of ether oxygens (including phenoxy) is 1. The first-order chi connectivity index (χ1) is 13.8. The fourth-order valence-electron chi connectivity index (χ4n) is 3.80. The van der Waals surface area contributed by atoms with Crippen LogP contribution in [-0.2, 0) is 9.53 Å². The molecule has 1 aromatic carbocycles. The first kappa shape index (κ1) is 18.0. The second-order valence-electron chi connectivity index (χ2n) is 7.03. The average molecular weight is 412 g/mol. The maximum Gasteiger partial charge on any atom is 0.233 e. The summed E-state index contributed by atoms with van der Waals surface area (Å²) in [6.45, 7) is 1.47. The van der Waals surface area contributed by atoms with Gasteiger partial charge in [0.2, 0.25) is 5.91 Å². The minimum atomic E-state index is -0.0220. The molecule has 2 saturated heterocycles. The van der Waals surface area contributed by atoms with Crippen molar-refractivity contribution in [2.24, 2.45) is 0 Å². The first-order valence-electron chi connectivity index (χ1n) is 9.51. The molecule has 2 fully saturated rings. The van der Waals surface area contributed by atoms with Crippen LogP contribution in [0, 0.1) is 0 Å². The summed E-state index contributed by atoms with van der Waals surface area (Å²) in [4.78, 5) is 15.8. The van der Waals surface area contributed by atoms with E-state index >= 15 is 0 Å². The lowest BCUT2D eigenvalue weighted by Crippen LogP contribution is -2.35. The smallest absolute Gasteiger partial charge is 0.233 e. The molecule has 0 N–H and O–H groups in total. The molecule has 5 rings (SSSR count). The van der Waals surface area contributed by atoms with Crippen LogP contribution < -0.4 is 0 Å². The molecular formula is C21H21N3O2S2. The Labute approximate surface area is 172 Å². The zero-order valence-electron chi connectivity index (χ0n) is 15.4. The van der Waals surface area contributed by atoms with E-state index in [1.165, 1.54) is 0 Å². The van der Waals surface area contributed by atoms with Gasteiger partial charge in [-0.25, -0.2) is 4.68 Å². The molecule has 3 aromatic rings. The van der Waals surface area contributed by atoms with Gasteiger partial charge in [0.1, 0.15) is 11.1 Å². The van der Waals surface area contributed by atoms with Gasteiger partial charge in [0.05, 0.1) is 22.4 Å². The van der Waals surface area contributed by atoms with E-state index in [4.69, 9.17) is 9.84 Å². The Morgan fingerprint density at radius 3 is 2.82 bits per heavy atom. The maximum atomic E-state index is 12.6. The van der Waals surface area contributed by atoms with Crippen molar-refractivity contribution in [3.8, 4) is 16.3 Å². The molecule has 7 heteroatoms. The van der Waals surface area contributed by atoms with Crippen molar-refractivity contribution in [2.75, 3.05) is 18.9 Å². The van der Waals surface area contributed by atoms with E-state index in [1.54, 1.807) is 23.1 Å². The van der Waals surface area contributed by atoms with Gasteiger partial charge >= 0.3 is 0 Å². The Balaban J connectivity index is 1.54. The number of amides is 1. The number of thioether (sulfide) groups is 1. The summed E-state index contributed by atoms with van der Waals surface area (Å²) in [5, 5.41) is 6.95. The number of rotatable bonds is 5. The number of carbonyl (C=O) groups is 1. The lowest BCUT2D eigenvalue weighted by molar-refractivity contribution is -0.129. The quantitative estimate of drug-likeness (QED) is 0.626. The van der Waals surface area contributed by atoms with Crippen LogP contribution >= 0.6 is 23.1 Å². The molecule has 0 spiro atoms. The highest BCUT2D eigenvalue weighted by Crippen LogP contribution is 2.43. The van der Waals surface area contributed by atoms with Crippen molar-refractivity contribution in [1.29, 1.82) is 0 Å². The van der Waals surface area contributed by atoms with E-state index in [-0.39, 0.29) is 17.4 Å². The topological polar surface area (TPSA) is 47.4 Å². The summed E-state index contributed by atoms with van der Waals surface area (Å²) in [7, 11) is 0. The molecular weight excluding hydrogens is 390 g/mol. The van der Waals surface area contributed by atoms with Crippen LogP contribution in [0.3, 0.4) is 0 Å². The van der Waals surface area contributed by atoms with Gasteiger partial charge in [-0.1, -0.05) is 24.3 Å². The van der Waals surface area contributed by atoms with Gasteiger partial charge < -0.3 is 9.64 Å². The number of carbonyl (C=O) groups excluding carboxylic acids is 1. The van der Waals surface area contributed by atoms with E-state index in [0.29, 0.717) is 12.3 Å². The van der Waals surface area contributed by atoms with E-state index in [1.807, 2.05) is 46.0 Å². The zero-order valence-corrected chi connectivity index (χ0v) is 17.0. The molecule has 2 aliphatic rings. The van der Waals surface area contributed by atoms with Crippen LogP contribution in [-0.4, -0.2) is 45.6 Å². The molecule has 2 aliphatic heterocycles. The molecule has 144 valence electrons. The van der Waals surface area contributed by atoms with Gasteiger partial charge in [-0.3, -0.25) is 4.79 Å². The predicted octanol–water partition coefficient (Wildman–Crippen LogP) is 4.35. The highest BCUT2D eigenvalue weighted by molar-refractivity contribution is 8.00. The predicted molar refractivity (Wildman–Crippen MR) is 113 cm³/mol. The third kappa shape index (κ3) is 3.38. The maximum absolute atomic E-state index is 12.6. The Bertz CT molecular complexity index is 949. The van der Waals surface area contributed by atoms with Crippen molar-refractivity contribution in [2.45, 2.75) is 24.3 Å². The molecule has 2 aromatic heterocycles. The third-order valence-corrected chi connectivity index (χ3v) is 7.29. The van der Waals surface area contributed by atoms with Crippen LogP contribution in [0.1, 0.15) is 23.8 Å². The van der Waals surface area contributed by atoms with E-state index in [9.17, 15) is 4.79 Å². The minimum absolute atomic E-state index is 0.0220. The normalized spacial score (nSPS) is 22.3. The highest BCUT2D eigenvalue weighted by atomic mass is 32.2. The van der Waals surface area contributed by atoms with Gasteiger partial charge in [0.15, 0.2) is 0 Å². The summed E-state index contributed by atoms with van der Waals surface area (Å²) in [6.07, 6.45) is 4.35. The van der Waals surface area contributed by atoms with Crippen LogP contribution in [0.4, 0.5) is 0 Å². The van der Waals surface area contributed by atoms with Crippen LogP contribution in [0.5, 0.6) is 0 Å². The molecule has 0 saturated carbocycles. The lowest BCUT2D eigenvalue weighted by atomic mass is 10.1. The number of aromatic nitrogens is 2. The number of nitrogens with zero attached hydrogens (tertiary/aromatic N) is 3. The Morgan fingerprint density at radius 1 is 1.18 bits per heavy atom. The Morgan fingerprint density at radius 2 is 2.07 bits per heavy atom. The summed E-state index contributed by atoms with van der Waals surface area (Å²) < 4.78 is 7.73. The van der Waals surface area contributed by atoms with E-state index < -0.39 is 0 Å². The van der Waals surface area contributed by atoms with Gasteiger partial charge in [-0.2, -0.15) is 5.10 Å². The molecule has 4 heterocycles. The van der Waals surface area contributed by atoms with Gasteiger partial charge in [0, 0.05) is 24.9 Å². The summed E-state index contributed by atoms with van der Waals surface area (Å²) >= 11 is 3.37. The average Bonchev–Trinajstić information content (AvgIpc) is 3.51. The van der Waals surface area contributed by atoms with Crippen molar-refractivity contribution in [3.63, 3.8) is 0 Å². The fraction of sp³-hybridized carbons (Fsp3) is 0.333. The number of benzene rings is 1. The fourth-order valence-corrected chi connectivity index (χ4v) is 5.74. The molecule has 28 heavy (non-hydrogen) atoms. The lowest BCUT2D eigenvalue weighted by Gasteiger charge is -2.26. The molecule has 0 aliphatic carbocycles. The molecule has 0 bridgehead atoms. The van der Waals surface area contributed by atoms with Crippen molar-refractivity contribution < 1.29 is 9.53 Å². The van der Waals surface area contributed by atoms with Crippen molar-refractivity contribution >= 4 is 29.0 Å². The van der Waals surface area contributed by atoms with E-state index in [0.717, 1.165) is 41.3 Å². The summed E-state index contributed by atoms with van der Waals surface area (Å²) in [5.74, 6) is 0.702. The largest absolute Gasteiger partial charge is 0.376 e. The SMILES string of the molecule is O=C1CS[C@@H](c2cn(-c3ccccc3)nc2-c2cccs2)N1C[C@H]1CCCO1. The minimum Gasteiger partial charge on any atom is -0.376 e. The summed E-state index contributed by atoms with van der Waals surface area (Å²) in [5.41, 5.74) is 3.08. The Kier molecular flexibility index (Phi) is 4.96. The third-order valence-electron chi connectivity index (χ3n) is 5.18. The second-order valence-corrected chi connectivity index (χ2v) is 9.05. The van der Waals surface area contributed by atoms with Crippen molar-refractivity contribution in [1.82, 2.24) is 14.7 Å². The van der Waals surface area contributed by atoms with Crippen LogP contribution in [0.15, 0.2) is 54.0 Å². The van der Waals surface area contributed by atoms with E-state index in [2.05, 4.69) is 17.6 Å². The highest BCUT2D eigenvalue weighted by Gasteiger charge is 2.37. The number of hydrogen-bond acceptors (Lipinski definition) is 5. The standard InChI is InChI=1S/C21H21N3O2S2/c25-19-14-28-21(23(19)12-16-8-4-10-26-16)17-13-24(15-6-2-1-3-7-15)22-20(17)18-9-5-11-27-18/h1-3,5-7,9,11,13,16,21H,4,8,10,12,14H2/t16-,21+/m1/s1. The molecule has 2 atom stereocenters. The van der Waals surface area contributed by atoms with Crippen LogP contribution in [0.25, 0.3) is 16.3 Å². The molecule has 0 unspecified atom stereocenters. The Hall–Kier alpha value is -2.09. The van der Waals surface area contributed by atoms with Gasteiger partial charge in [0.25, 0.3) is 0 Å². The first-order valence-corrected chi connectivity index (χ1v) is 11.4. The summed E-state index contributed by atoms with van der Waals surface area (Å²) in [6, 6.07) is 14.3. The second kappa shape index (κ2) is 7.73. The number of hydrogen-bond donors (Lipinski definition) is 0. The number of thiophene rings is 1. The monoisotopic (exact) mass is 411 g/mol. The zero-order chi connectivity index (χ0) is 18.9. The van der Waals surface area contributed by atoms with Gasteiger partial charge in [-0.15, -0.1) is 23.1 Å². The van der Waals surface area contributed by atoms with Crippen LogP contribution in [0.2, 0.25) is 0 Å².